The minimum atomic E-state index is -4.24. The van der Waals surface area contributed by atoms with E-state index >= 15 is 0 Å². The second kappa shape index (κ2) is 7.70. The number of ether oxygens (including phenoxy) is 1. The van der Waals surface area contributed by atoms with E-state index in [9.17, 15) is 13.2 Å². The summed E-state index contributed by atoms with van der Waals surface area (Å²) in [4.78, 5) is 0. The molecule has 1 atom stereocenters. The lowest BCUT2D eigenvalue weighted by Gasteiger charge is -2.16. The maximum atomic E-state index is 11.8. The van der Waals surface area contributed by atoms with Crippen molar-refractivity contribution in [2.45, 2.75) is 31.5 Å². The van der Waals surface area contributed by atoms with Gasteiger partial charge in [0, 0.05) is 6.04 Å². The molecule has 0 heterocycles. The molecule has 0 spiro atoms. The van der Waals surface area contributed by atoms with Crippen LogP contribution in [0.3, 0.4) is 0 Å². The van der Waals surface area contributed by atoms with E-state index < -0.39 is 12.8 Å². The number of allylic oxidation sites excluding steroid dienone is 1. The third-order valence-corrected chi connectivity index (χ3v) is 1.95. The van der Waals surface area contributed by atoms with Gasteiger partial charge in [0.05, 0.1) is 6.61 Å². The van der Waals surface area contributed by atoms with Crippen molar-refractivity contribution < 1.29 is 17.9 Å². The molecule has 0 aliphatic rings. The number of hydrogen-bond donors (Lipinski definition) is 1. The van der Waals surface area contributed by atoms with Gasteiger partial charge in [-0.3, -0.25) is 0 Å². The molecule has 0 bridgehead atoms. The minimum absolute atomic E-state index is 0.0210. The molecule has 0 aromatic carbocycles. The third-order valence-electron chi connectivity index (χ3n) is 1.95. The van der Waals surface area contributed by atoms with Crippen LogP contribution in [0.1, 0.15) is 19.3 Å². The van der Waals surface area contributed by atoms with Gasteiger partial charge in [-0.25, -0.2) is 0 Å². The number of likely N-dealkylation sites (N-methyl/N-ethyl adjacent to an activating group) is 1. The van der Waals surface area contributed by atoms with E-state index in [0.717, 1.165) is 19.3 Å². The normalized spacial score (nSPS) is 13.9. The molecule has 0 rings (SSSR count). The molecule has 0 saturated heterocycles. The highest BCUT2D eigenvalue weighted by Gasteiger charge is 2.27. The summed E-state index contributed by atoms with van der Waals surface area (Å²) in [5.41, 5.74) is 0. The summed E-state index contributed by atoms with van der Waals surface area (Å²) in [6.07, 6.45) is 0.130. The number of alkyl halides is 3. The van der Waals surface area contributed by atoms with Gasteiger partial charge in [0.2, 0.25) is 0 Å². The molecule has 0 aliphatic carbocycles. The van der Waals surface area contributed by atoms with Gasteiger partial charge < -0.3 is 10.1 Å². The van der Waals surface area contributed by atoms with Gasteiger partial charge in [0.25, 0.3) is 0 Å². The van der Waals surface area contributed by atoms with Crippen LogP contribution in [0.15, 0.2) is 12.7 Å². The van der Waals surface area contributed by atoms with Crippen molar-refractivity contribution in [3.8, 4) is 0 Å². The molecular weight excluding hydrogens is 207 g/mol. The Bertz CT molecular complexity index is 171. The summed E-state index contributed by atoms with van der Waals surface area (Å²) >= 11 is 0. The quantitative estimate of drug-likeness (QED) is 0.506. The van der Waals surface area contributed by atoms with E-state index in [2.05, 4.69) is 16.6 Å². The van der Waals surface area contributed by atoms with Crippen molar-refractivity contribution in [1.82, 2.24) is 5.32 Å². The molecule has 0 aliphatic heterocycles. The van der Waals surface area contributed by atoms with Gasteiger partial charge in [-0.1, -0.05) is 6.08 Å². The minimum Gasteiger partial charge on any atom is -0.370 e. The Hall–Kier alpha value is -0.550. The van der Waals surface area contributed by atoms with Crippen LogP contribution in [0.25, 0.3) is 0 Å². The molecule has 0 fully saturated rings. The van der Waals surface area contributed by atoms with E-state index in [0.29, 0.717) is 0 Å². The number of hydrogen-bond acceptors (Lipinski definition) is 2. The standard InChI is InChI=1S/C10H18F3NO/c1-3-4-5-6-9(14-2)7-15-8-10(11,12)13/h3,9,14H,1,4-8H2,2H3. The summed E-state index contributed by atoms with van der Waals surface area (Å²) in [6, 6.07) is -0.0210. The van der Waals surface area contributed by atoms with Crippen molar-refractivity contribution in [2.75, 3.05) is 20.3 Å². The van der Waals surface area contributed by atoms with Crippen molar-refractivity contribution in [3.05, 3.63) is 12.7 Å². The predicted octanol–water partition coefficient (Wildman–Crippen LogP) is 2.51. The first-order valence-electron chi connectivity index (χ1n) is 4.92. The van der Waals surface area contributed by atoms with Crippen molar-refractivity contribution in [2.24, 2.45) is 0 Å². The van der Waals surface area contributed by atoms with Crippen LogP contribution in [-0.4, -0.2) is 32.5 Å². The topological polar surface area (TPSA) is 21.3 Å². The Kier molecular flexibility index (Phi) is 7.42. The first-order chi connectivity index (χ1) is 6.99. The zero-order chi connectivity index (χ0) is 11.7. The Labute approximate surface area is 88.5 Å². The first kappa shape index (κ1) is 14.5. The summed E-state index contributed by atoms with van der Waals surface area (Å²) in [5, 5.41) is 2.92. The van der Waals surface area contributed by atoms with Gasteiger partial charge in [0.1, 0.15) is 6.61 Å². The monoisotopic (exact) mass is 225 g/mol. The highest BCUT2D eigenvalue weighted by Crippen LogP contribution is 2.14. The van der Waals surface area contributed by atoms with Crippen molar-refractivity contribution >= 4 is 0 Å². The van der Waals surface area contributed by atoms with E-state index in [4.69, 9.17) is 0 Å². The highest BCUT2D eigenvalue weighted by molar-refractivity contribution is 4.70. The molecule has 0 radical (unpaired) electrons. The summed E-state index contributed by atoms with van der Waals surface area (Å²) in [7, 11) is 1.72. The predicted molar refractivity (Wildman–Crippen MR) is 53.8 cm³/mol. The lowest BCUT2D eigenvalue weighted by molar-refractivity contribution is -0.175. The SMILES string of the molecule is C=CCCCC(COCC(F)(F)F)NC. The van der Waals surface area contributed by atoms with E-state index in [-0.39, 0.29) is 12.6 Å². The van der Waals surface area contributed by atoms with Crippen LogP contribution in [0, 0.1) is 0 Å². The third kappa shape index (κ3) is 9.75. The number of rotatable bonds is 8. The molecule has 90 valence electrons. The fraction of sp³-hybridized carbons (Fsp3) is 0.800. The van der Waals surface area contributed by atoms with Crippen LogP contribution in [-0.2, 0) is 4.74 Å². The fourth-order valence-corrected chi connectivity index (χ4v) is 1.14. The summed E-state index contributed by atoms with van der Waals surface area (Å²) < 4.78 is 39.8. The molecule has 1 unspecified atom stereocenters. The molecule has 0 amide bonds. The number of unbranched alkanes of at least 4 members (excludes halogenated alkanes) is 1. The molecular formula is C10H18F3NO. The van der Waals surface area contributed by atoms with Gasteiger partial charge in [0.15, 0.2) is 0 Å². The molecule has 1 N–H and O–H groups in total. The van der Waals surface area contributed by atoms with Gasteiger partial charge >= 0.3 is 6.18 Å². The van der Waals surface area contributed by atoms with Crippen LogP contribution < -0.4 is 5.32 Å². The largest absolute Gasteiger partial charge is 0.411 e. The Balaban J connectivity index is 3.56. The summed E-state index contributed by atoms with van der Waals surface area (Å²) in [6.45, 7) is 2.49. The lowest BCUT2D eigenvalue weighted by Crippen LogP contribution is -2.32. The number of nitrogens with one attached hydrogen (secondary N) is 1. The van der Waals surface area contributed by atoms with E-state index in [1.807, 2.05) is 0 Å². The molecule has 2 nitrogen and oxygen atoms in total. The molecule has 0 aromatic rings. The van der Waals surface area contributed by atoms with E-state index in [1.165, 1.54) is 0 Å². The van der Waals surface area contributed by atoms with Crippen LogP contribution in [0.4, 0.5) is 13.2 Å². The van der Waals surface area contributed by atoms with Gasteiger partial charge in [-0.05, 0) is 26.3 Å². The van der Waals surface area contributed by atoms with Crippen LogP contribution >= 0.6 is 0 Å². The highest BCUT2D eigenvalue weighted by atomic mass is 19.4. The van der Waals surface area contributed by atoms with Crippen molar-refractivity contribution in [1.29, 1.82) is 0 Å². The summed E-state index contributed by atoms with van der Waals surface area (Å²) in [5.74, 6) is 0. The zero-order valence-electron chi connectivity index (χ0n) is 8.94. The average molecular weight is 225 g/mol. The average Bonchev–Trinajstić information content (AvgIpc) is 2.14. The van der Waals surface area contributed by atoms with Gasteiger partial charge in [-0.15, -0.1) is 6.58 Å². The first-order valence-corrected chi connectivity index (χ1v) is 4.92. The number of halogens is 3. The Morgan fingerprint density at radius 2 is 2.13 bits per heavy atom. The maximum Gasteiger partial charge on any atom is 0.411 e. The smallest absolute Gasteiger partial charge is 0.370 e. The van der Waals surface area contributed by atoms with Crippen LogP contribution in [0.5, 0.6) is 0 Å². The molecule has 0 aromatic heterocycles. The van der Waals surface area contributed by atoms with E-state index in [1.54, 1.807) is 13.1 Å². The maximum absolute atomic E-state index is 11.8. The van der Waals surface area contributed by atoms with Crippen molar-refractivity contribution in [3.63, 3.8) is 0 Å². The lowest BCUT2D eigenvalue weighted by atomic mass is 10.1. The molecule has 15 heavy (non-hydrogen) atoms. The fourth-order valence-electron chi connectivity index (χ4n) is 1.14. The second-order valence-corrected chi connectivity index (χ2v) is 3.34. The van der Waals surface area contributed by atoms with Crippen LogP contribution in [0.2, 0.25) is 0 Å². The van der Waals surface area contributed by atoms with Gasteiger partial charge in [-0.2, -0.15) is 13.2 Å². The Morgan fingerprint density at radius 3 is 2.60 bits per heavy atom. The Morgan fingerprint density at radius 1 is 1.47 bits per heavy atom. The second-order valence-electron chi connectivity index (χ2n) is 3.34. The zero-order valence-corrected chi connectivity index (χ0v) is 8.94. The molecule has 5 heteroatoms. The molecule has 0 saturated carbocycles.